The van der Waals surface area contributed by atoms with E-state index in [2.05, 4.69) is 5.32 Å². The summed E-state index contributed by atoms with van der Waals surface area (Å²) in [4.78, 5) is 14.2. The summed E-state index contributed by atoms with van der Waals surface area (Å²) in [5.41, 5.74) is -0.523. The van der Waals surface area contributed by atoms with Crippen molar-refractivity contribution in [1.82, 2.24) is 10.2 Å². The minimum Gasteiger partial charge on any atom is -0.383 e. The van der Waals surface area contributed by atoms with E-state index in [9.17, 15) is 18.0 Å². The third-order valence-corrected chi connectivity index (χ3v) is 4.51. The molecule has 148 valence electrons. The van der Waals surface area contributed by atoms with Crippen molar-refractivity contribution in [3.63, 3.8) is 0 Å². The first-order valence-electron chi connectivity index (χ1n) is 8.57. The second-order valence-electron chi connectivity index (χ2n) is 6.28. The van der Waals surface area contributed by atoms with Crippen LogP contribution in [0.15, 0.2) is 24.3 Å². The van der Waals surface area contributed by atoms with Gasteiger partial charge in [-0.25, -0.2) is 0 Å². The number of hydrogen-bond acceptors (Lipinski definition) is 3. The highest BCUT2D eigenvalue weighted by Gasteiger charge is 2.35. The number of carbonyl (C=O) groups excluding carboxylic acids is 1. The molecule has 1 aliphatic rings. The monoisotopic (exact) mass is 394 g/mol. The van der Waals surface area contributed by atoms with Gasteiger partial charge in [-0.15, -0.1) is 12.4 Å². The third kappa shape index (κ3) is 6.45. The van der Waals surface area contributed by atoms with Gasteiger partial charge in [-0.05, 0) is 24.5 Å². The van der Waals surface area contributed by atoms with Crippen molar-refractivity contribution in [1.29, 1.82) is 0 Å². The van der Waals surface area contributed by atoms with Crippen LogP contribution in [0.5, 0.6) is 0 Å². The number of hydrogen-bond donors (Lipinski definition) is 1. The van der Waals surface area contributed by atoms with E-state index in [0.29, 0.717) is 13.2 Å². The van der Waals surface area contributed by atoms with Crippen LogP contribution in [0.4, 0.5) is 13.2 Å². The van der Waals surface area contributed by atoms with Crippen molar-refractivity contribution in [2.45, 2.75) is 44.4 Å². The Kier molecular flexibility index (Phi) is 9.39. The molecule has 0 aliphatic heterocycles. The molecular weight excluding hydrogens is 369 g/mol. The van der Waals surface area contributed by atoms with Gasteiger partial charge >= 0.3 is 6.18 Å². The van der Waals surface area contributed by atoms with Crippen LogP contribution < -0.4 is 5.32 Å². The number of ether oxygens (including phenoxy) is 1. The normalized spacial score (nSPS) is 14.9. The van der Waals surface area contributed by atoms with E-state index in [1.165, 1.54) is 12.1 Å². The number of alkyl halides is 3. The molecule has 0 saturated heterocycles. The number of methoxy groups -OCH3 is 1. The largest absolute Gasteiger partial charge is 0.416 e. The van der Waals surface area contributed by atoms with Gasteiger partial charge in [-0.3, -0.25) is 4.79 Å². The quantitative estimate of drug-likeness (QED) is 0.684. The number of halogens is 4. The van der Waals surface area contributed by atoms with Gasteiger partial charge in [0.15, 0.2) is 0 Å². The summed E-state index contributed by atoms with van der Waals surface area (Å²) < 4.78 is 44.6. The van der Waals surface area contributed by atoms with Crippen LogP contribution in [-0.2, 0) is 22.3 Å². The first kappa shape index (κ1) is 22.7. The van der Waals surface area contributed by atoms with E-state index >= 15 is 0 Å². The maximum atomic E-state index is 13.2. The van der Waals surface area contributed by atoms with Gasteiger partial charge in [0.25, 0.3) is 0 Å². The molecule has 2 rings (SSSR count). The summed E-state index contributed by atoms with van der Waals surface area (Å²) in [7, 11) is 1.57. The lowest BCUT2D eigenvalue weighted by Crippen LogP contribution is -2.43. The molecule has 1 aliphatic carbocycles. The summed E-state index contributed by atoms with van der Waals surface area (Å²) in [6.07, 6.45) is -0.716. The molecule has 0 atom stereocenters. The van der Waals surface area contributed by atoms with Crippen LogP contribution >= 0.6 is 12.4 Å². The standard InChI is InChI=1S/C18H25F3N2O2.ClH/c1-25-11-10-22-12-17(24)23(15-7-3-4-8-15)13-14-6-2-5-9-16(14)18(19,20)21;/h2,5-6,9,15,22H,3-4,7-8,10-13H2,1H3;1H. The lowest BCUT2D eigenvalue weighted by Gasteiger charge is -2.30. The maximum Gasteiger partial charge on any atom is 0.416 e. The Bertz CT molecular complexity index is 564. The van der Waals surface area contributed by atoms with E-state index in [1.54, 1.807) is 18.1 Å². The number of nitrogens with zero attached hydrogens (tertiary/aromatic N) is 1. The Balaban J connectivity index is 0.00000338. The highest BCUT2D eigenvalue weighted by molar-refractivity contribution is 5.85. The average molecular weight is 395 g/mol. The lowest BCUT2D eigenvalue weighted by molar-refractivity contribution is -0.140. The van der Waals surface area contributed by atoms with E-state index in [0.717, 1.165) is 31.7 Å². The van der Waals surface area contributed by atoms with Crippen molar-refractivity contribution >= 4 is 18.3 Å². The van der Waals surface area contributed by atoms with Crippen LogP contribution in [0.3, 0.4) is 0 Å². The predicted molar refractivity (Wildman–Crippen MR) is 96.2 cm³/mol. The van der Waals surface area contributed by atoms with E-state index in [4.69, 9.17) is 4.74 Å². The predicted octanol–water partition coefficient (Wildman–Crippen LogP) is 3.63. The third-order valence-electron chi connectivity index (χ3n) is 4.51. The fourth-order valence-electron chi connectivity index (χ4n) is 3.23. The highest BCUT2D eigenvalue weighted by Crippen LogP contribution is 2.33. The van der Waals surface area contributed by atoms with Crippen LogP contribution in [0.2, 0.25) is 0 Å². The van der Waals surface area contributed by atoms with Crippen LogP contribution in [-0.4, -0.2) is 43.7 Å². The summed E-state index contributed by atoms with van der Waals surface area (Å²) in [6, 6.07) is 5.50. The molecule has 26 heavy (non-hydrogen) atoms. The molecule has 1 fully saturated rings. The number of benzene rings is 1. The zero-order chi connectivity index (χ0) is 18.3. The highest BCUT2D eigenvalue weighted by atomic mass is 35.5. The molecule has 1 aromatic rings. The molecule has 4 nitrogen and oxygen atoms in total. The van der Waals surface area contributed by atoms with E-state index in [-0.39, 0.29) is 43.0 Å². The molecule has 0 bridgehead atoms. The Morgan fingerprint density at radius 1 is 1.27 bits per heavy atom. The van der Waals surface area contributed by atoms with Gasteiger partial charge in [0, 0.05) is 26.2 Å². The van der Waals surface area contributed by atoms with E-state index in [1.807, 2.05) is 0 Å². The van der Waals surface area contributed by atoms with Gasteiger partial charge < -0.3 is 15.0 Å². The first-order valence-corrected chi connectivity index (χ1v) is 8.57. The molecule has 1 aromatic carbocycles. The molecule has 0 aromatic heterocycles. The van der Waals surface area contributed by atoms with Crippen LogP contribution in [0.25, 0.3) is 0 Å². The zero-order valence-electron chi connectivity index (χ0n) is 14.8. The Morgan fingerprint density at radius 3 is 2.54 bits per heavy atom. The summed E-state index contributed by atoms with van der Waals surface area (Å²) >= 11 is 0. The number of rotatable bonds is 8. The summed E-state index contributed by atoms with van der Waals surface area (Å²) in [6.45, 7) is 1.10. The summed E-state index contributed by atoms with van der Waals surface area (Å²) in [5.74, 6) is -0.167. The fourth-order valence-corrected chi connectivity index (χ4v) is 3.23. The van der Waals surface area contributed by atoms with Gasteiger partial charge in [-0.1, -0.05) is 31.0 Å². The lowest BCUT2D eigenvalue weighted by atomic mass is 10.0. The van der Waals surface area contributed by atoms with Gasteiger partial charge in [0.1, 0.15) is 0 Å². The van der Waals surface area contributed by atoms with Crippen molar-refractivity contribution in [3.8, 4) is 0 Å². The Labute approximate surface area is 158 Å². The fraction of sp³-hybridized carbons (Fsp3) is 0.611. The zero-order valence-corrected chi connectivity index (χ0v) is 15.7. The smallest absolute Gasteiger partial charge is 0.383 e. The molecule has 0 unspecified atom stereocenters. The second-order valence-corrected chi connectivity index (χ2v) is 6.28. The van der Waals surface area contributed by atoms with Crippen molar-refractivity contribution in [3.05, 3.63) is 35.4 Å². The van der Waals surface area contributed by atoms with Gasteiger partial charge in [0.05, 0.1) is 18.7 Å². The van der Waals surface area contributed by atoms with Crippen molar-refractivity contribution < 1.29 is 22.7 Å². The van der Waals surface area contributed by atoms with Crippen LogP contribution in [0, 0.1) is 0 Å². The minimum atomic E-state index is -4.42. The van der Waals surface area contributed by atoms with Gasteiger partial charge in [-0.2, -0.15) is 13.2 Å². The van der Waals surface area contributed by atoms with Crippen molar-refractivity contribution in [2.75, 3.05) is 26.8 Å². The van der Waals surface area contributed by atoms with E-state index < -0.39 is 11.7 Å². The number of amides is 1. The average Bonchev–Trinajstić information content (AvgIpc) is 3.10. The van der Waals surface area contributed by atoms with Crippen molar-refractivity contribution in [2.24, 2.45) is 0 Å². The number of nitrogens with one attached hydrogen (secondary N) is 1. The molecule has 1 saturated carbocycles. The Hall–Kier alpha value is -1.31. The molecule has 8 heteroatoms. The topological polar surface area (TPSA) is 41.6 Å². The minimum absolute atomic E-state index is 0. The molecule has 0 heterocycles. The SMILES string of the molecule is COCCNCC(=O)N(Cc1ccccc1C(F)(F)F)C1CCCC1.Cl. The molecule has 1 amide bonds. The Morgan fingerprint density at radius 2 is 1.92 bits per heavy atom. The first-order chi connectivity index (χ1) is 11.9. The van der Waals surface area contributed by atoms with Crippen LogP contribution in [0.1, 0.15) is 36.8 Å². The summed E-state index contributed by atoms with van der Waals surface area (Å²) in [5, 5.41) is 2.98. The second kappa shape index (κ2) is 10.7. The number of carbonyl (C=O) groups is 1. The maximum absolute atomic E-state index is 13.2. The molecular formula is C18H26ClF3N2O2. The molecule has 0 radical (unpaired) electrons. The molecule has 0 spiro atoms. The molecule has 1 N–H and O–H groups in total. The van der Waals surface area contributed by atoms with Gasteiger partial charge in [0.2, 0.25) is 5.91 Å².